The van der Waals surface area contributed by atoms with Crippen LogP contribution in [0.3, 0.4) is 0 Å². The van der Waals surface area contributed by atoms with Crippen LogP contribution in [-0.4, -0.2) is 38.2 Å². The molecule has 1 aliphatic heterocycles. The Morgan fingerprint density at radius 2 is 1.79 bits per heavy atom. The molecule has 0 bridgehead atoms. The average Bonchev–Trinajstić information content (AvgIpc) is 3.26. The number of guanidine groups is 1. The molecule has 0 radical (unpaired) electrons. The molecule has 0 aromatic heterocycles. The lowest BCUT2D eigenvalue weighted by Gasteiger charge is -2.13. The SMILES string of the molecule is CN=C(NCc1cccc(C)c1)NCc1cccc(C(=O)NCC2CCCO2)c1. The third kappa shape index (κ3) is 6.61. The van der Waals surface area contributed by atoms with Gasteiger partial charge < -0.3 is 20.7 Å². The van der Waals surface area contributed by atoms with Gasteiger partial charge in [-0.2, -0.15) is 0 Å². The standard InChI is InChI=1S/C23H30N4O2/c1-17-6-3-7-18(12-17)14-26-23(24-2)27-15-19-8-4-9-20(13-19)22(28)25-16-21-10-5-11-29-21/h3-4,6-9,12-13,21H,5,10-11,14-16H2,1-2H3,(H,25,28)(H2,24,26,27). The highest BCUT2D eigenvalue weighted by atomic mass is 16.5. The Morgan fingerprint density at radius 1 is 1.07 bits per heavy atom. The molecule has 3 N–H and O–H groups in total. The van der Waals surface area contributed by atoms with Crippen LogP contribution in [0.25, 0.3) is 0 Å². The van der Waals surface area contributed by atoms with Crippen LogP contribution in [0.2, 0.25) is 0 Å². The number of carbonyl (C=O) groups is 1. The molecule has 1 amide bonds. The van der Waals surface area contributed by atoms with E-state index in [1.807, 2.05) is 24.3 Å². The number of aliphatic imine (C=N–C) groups is 1. The van der Waals surface area contributed by atoms with Crippen molar-refractivity contribution >= 4 is 11.9 Å². The predicted molar refractivity (Wildman–Crippen MR) is 116 cm³/mol. The van der Waals surface area contributed by atoms with Crippen molar-refractivity contribution in [3.8, 4) is 0 Å². The van der Waals surface area contributed by atoms with Crippen molar-refractivity contribution in [2.75, 3.05) is 20.2 Å². The fourth-order valence-electron chi connectivity index (χ4n) is 3.35. The Balaban J connectivity index is 1.48. The fourth-order valence-corrected chi connectivity index (χ4v) is 3.35. The molecule has 29 heavy (non-hydrogen) atoms. The second kappa shape index (κ2) is 10.6. The number of nitrogens with one attached hydrogen (secondary N) is 3. The van der Waals surface area contributed by atoms with Gasteiger partial charge in [-0.1, -0.05) is 42.0 Å². The Morgan fingerprint density at radius 3 is 2.45 bits per heavy atom. The molecule has 2 aromatic carbocycles. The summed E-state index contributed by atoms with van der Waals surface area (Å²) < 4.78 is 5.56. The third-order valence-electron chi connectivity index (χ3n) is 4.93. The van der Waals surface area contributed by atoms with E-state index in [1.54, 1.807) is 7.05 Å². The largest absolute Gasteiger partial charge is 0.376 e. The summed E-state index contributed by atoms with van der Waals surface area (Å²) in [4.78, 5) is 16.7. The maximum Gasteiger partial charge on any atom is 0.251 e. The van der Waals surface area contributed by atoms with Crippen molar-refractivity contribution in [1.82, 2.24) is 16.0 Å². The lowest BCUT2D eigenvalue weighted by Crippen LogP contribution is -2.36. The number of rotatable bonds is 7. The van der Waals surface area contributed by atoms with E-state index in [0.29, 0.717) is 25.2 Å². The molecule has 6 nitrogen and oxygen atoms in total. The topological polar surface area (TPSA) is 74.8 Å². The molecule has 0 saturated carbocycles. The number of aryl methyl sites for hydroxylation is 1. The highest BCUT2D eigenvalue weighted by Crippen LogP contribution is 2.11. The first-order chi connectivity index (χ1) is 14.1. The predicted octanol–water partition coefficient (Wildman–Crippen LogP) is 2.77. The van der Waals surface area contributed by atoms with Gasteiger partial charge in [-0.25, -0.2) is 0 Å². The monoisotopic (exact) mass is 394 g/mol. The minimum atomic E-state index is -0.0655. The highest BCUT2D eigenvalue weighted by Gasteiger charge is 2.16. The summed E-state index contributed by atoms with van der Waals surface area (Å²) in [5.41, 5.74) is 4.12. The normalized spacial score (nSPS) is 16.5. The van der Waals surface area contributed by atoms with E-state index in [2.05, 4.69) is 52.1 Å². The van der Waals surface area contributed by atoms with Crippen molar-refractivity contribution in [2.45, 2.75) is 39.0 Å². The number of ether oxygens (including phenoxy) is 1. The van der Waals surface area contributed by atoms with Crippen LogP contribution in [0.1, 0.15) is 39.9 Å². The Hall–Kier alpha value is -2.86. The van der Waals surface area contributed by atoms with Crippen molar-refractivity contribution < 1.29 is 9.53 Å². The smallest absolute Gasteiger partial charge is 0.251 e. The maximum absolute atomic E-state index is 12.4. The number of hydrogen-bond donors (Lipinski definition) is 3. The van der Waals surface area contributed by atoms with E-state index < -0.39 is 0 Å². The summed E-state index contributed by atoms with van der Waals surface area (Å²) >= 11 is 0. The molecule has 0 spiro atoms. The summed E-state index contributed by atoms with van der Waals surface area (Å²) in [6.07, 6.45) is 2.23. The van der Waals surface area contributed by atoms with Crippen LogP contribution in [0, 0.1) is 6.92 Å². The zero-order valence-electron chi connectivity index (χ0n) is 17.2. The van der Waals surface area contributed by atoms with Gasteiger partial charge >= 0.3 is 0 Å². The van der Waals surface area contributed by atoms with Crippen LogP contribution in [-0.2, 0) is 17.8 Å². The van der Waals surface area contributed by atoms with Crippen LogP contribution in [0.5, 0.6) is 0 Å². The second-order valence-electron chi connectivity index (χ2n) is 7.31. The minimum Gasteiger partial charge on any atom is -0.376 e. The van der Waals surface area contributed by atoms with Gasteiger partial charge in [0.2, 0.25) is 0 Å². The Labute approximate surface area is 172 Å². The first-order valence-electron chi connectivity index (χ1n) is 10.1. The maximum atomic E-state index is 12.4. The molecular weight excluding hydrogens is 364 g/mol. The van der Waals surface area contributed by atoms with Crippen LogP contribution in [0.15, 0.2) is 53.5 Å². The van der Waals surface area contributed by atoms with E-state index in [0.717, 1.165) is 31.0 Å². The Kier molecular flexibility index (Phi) is 7.64. The van der Waals surface area contributed by atoms with E-state index in [9.17, 15) is 4.79 Å². The molecule has 1 saturated heterocycles. The molecule has 154 valence electrons. The molecule has 1 atom stereocenters. The van der Waals surface area contributed by atoms with Gasteiger partial charge in [-0.3, -0.25) is 9.79 Å². The van der Waals surface area contributed by atoms with Crippen molar-refractivity contribution in [2.24, 2.45) is 4.99 Å². The van der Waals surface area contributed by atoms with Crippen molar-refractivity contribution in [3.05, 3.63) is 70.8 Å². The van der Waals surface area contributed by atoms with E-state index in [1.165, 1.54) is 11.1 Å². The molecule has 1 unspecified atom stereocenters. The summed E-state index contributed by atoms with van der Waals surface area (Å²) in [7, 11) is 1.75. The molecule has 6 heteroatoms. The van der Waals surface area contributed by atoms with Crippen molar-refractivity contribution in [3.63, 3.8) is 0 Å². The molecular formula is C23H30N4O2. The van der Waals surface area contributed by atoms with Crippen LogP contribution < -0.4 is 16.0 Å². The summed E-state index contributed by atoms with van der Waals surface area (Å²) in [6.45, 7) is 4.73. The number of carbonyl (C=O) groups excluding carboxylic acids is 1. The van der Waals surface area contributed by atoms with Gasteiger partial charge in [0.25, 0.3) is 5.91 Å². The third-order valence-corrected chi connectivity index (χ3v) is 4.93. The van der Waals surface area contributed by atoms with Gasteiger partial charge in [0.15, 0.2) is 5.96 Å². The lowest BCUT2D eigenvalue weighted by molar-refractivity contribution is 0.0857. The van der Waals surface area contributed by atoms with Gasteiger partial charge in [0, 0.05) is 38.9 Å². The molecule has 1 fully saturated rings. The van der Waals surface area contributed by atoms with Gasteiger partial charge in [0.05, 0.1) is 6.10 Å². The number of benzene rings is 2. The summed E-state index contributed by atoms with van der Waals surface area (Å²) in [5.74, 6) is 0.657. The number of nitrogens with zero attached hydrogens (tertiary/aromatic N) is 1. The first kappa shape index (κ1) is 20.9. The number of hydrogen-bond acceptors (Lipinski definition) is 3. The molecule has 2 aromatic rings. The Bertz CT molecular complexity index is 844. The van der Waals surface area contributed by atoms with E-state index in [-0.39, 0.29) is 12.0 Å². The zero-order chi connectivity index (χ0) is 20.5. The quantitative estimate of drug-likeness (QED) is 0.499. The summed E-state index contributed by atoms with van der Waals surface area (Å²) in [6, 6.07) is 16.0. The van der Waals surface area contributed by atoms with Crippen LogP contribution >= 0.6 is 0 Å². The number of amides is 1. The summed E-state index contributed by atoms with van der Waals surface area (Å²) in [5, 5.41) is 9.59. The molecule has 1 heterocycles. The first-order valence-corrected chi connectivity index (χ1v) is 10.1. The molecule has 0 aliphatic carbocycles. The average molecular weight is 395 g/mol. The van der Waals surface area contributed by atoms with Crippen LogP contribution in [0.4, 0.5) is 0 Å². The van der Waals surface area contributed by atoms with Gasteiger partial charge in [0.1, 0.15) is 0 Å². The minimum absolute atomic E-state index is 0.0655. The van der Waals surface area contributed by atoms with Gasteiger partial charge in [-0.15, -0.1) is 0 Å². The highest BCUT2D eigenvalue weighted by molar-refractivity contribution is 5.94. The van der Waals surface area contributed by atoms with E-state index in [4.69, 9.17) is 4.74 Å². The lowest BCUT2D eigenvalue weighted by atomic mass is 10.1. The van der Waals surface area contributed by atoms with E-state index >= 15 is 0 Å². The molecule has 3 rings (SSSR count). The second-order valence-corrected chi connectivity index (χ2v) is 7.31. The van der Waals surface area contributed by atoms with Gasteiger partial charge in [-0.05, 0) is 43.0 Å². The molecule has 1 aliphatic rings. The zero-order valence-corrected chi connectivity index (χ0v) is 17.2. The van der Waals surface area contributed by atoms with Crippen molar-refractivity contribution in [1.29, 1.82) is 0 Å². The fraction of sp³-hybridized carbons (Fsp3) is 0.391.